The highest BCUT2D eigenvalue weighted by molar-refractivity contribution is 9.11. The summed E-state index contributed by atoms with van der Waals surface area (Å²) in [7, 11) is 0. The Bertz CT molecular complexity index is 1370. The fourth-order valence-corrected chi connectivity index (χ4v) is 5.71. The van der Waals surface area contributed by atoms with Crippen molar-refractivity contribution in [3.63, 3.8) is 0 Å². The van der Waals surface area contributed by atoms with Gasteiger partial charge < -0.3 is 10.1 Å². The molecule has 184 valence electrons. The molecule has 1 saturated heterocycles. The summed E-state index contributed by atoms with van der Waals surface area (Å²) < 4.78 is 20.8. The van der Waals surface area contributed by atoms with Crippen LogP contribution in [0.2, 0.25) is 0 Å². The Balaban J connectivity index is 1.44. The number of nitrogens with zero attached hydrogens (tertiary/aromatic N) is 1. The van der Waals surface area contributed by atoms with Crippen LogP contribution in [0.4, 0.5) is 14.9 Å². The van der Waals surface area contributed by atoms with Gasteiger partial charge in [0.15, 0.2) is 0 Å². The Kier molecular flexibility index (Phi) is 8.28. The first-order valence-corrected chi connectivity index (χ1v) is 13.1. The third kappa shape index (κ3) is 6.24. The topological polar surface area (TPSA) is 75.7 Å². The smallest absolute Gasteiger partial charge is 0.294 e. The van der Waals surface area contributed by atoms with Crippen molar-refractivity contribution in [2.75, 3.05) is 11.9 Å². The lowest BCUT2D eigenvalue weighted by Crippen LogP contribution is -2.36. The second kappa shape index (κ2) is 11.4. The van der Waals surface area contributed by atoms with Crippen LogP contribution in [0.25, 0.3) is 6.08 Å². The third-order valence-corrected chi connectivity index (χ3v) is 7.21. The summed E-state index contributed by atoms with van der Waals surface area (Å²) in [5.41, 5.74) is 2.61. The second-order valence-electron chi connectivity index (χ2n) is 7.88. The molecule has 0 aliphatic carbocycles. The number of ether oxygens (including phenoxy) is 1. The van der Waals surface area contributed by atoms with E-state index in [-0.39, 0.29) is 23.9 Å². The standard InChI is InChI=1S/C26H19Br2FN2O4S/c1-15-5-4-7-18(9-15)30-23(32)13-31-25(33)22(36-26(31)34)12-16-10-19(27)24(20(28)11-16)35-14-17-6-2-3-8-21(17)29/h2-12H,13-14H2,1H3,(H,30,32)/b22-12+. The number of hydrogen-bond donors (Lipinski definition) is 1. The maximum absolute atomic E-state index is 13.9. The number of hydrogen-bond acceptors (Lipinski definition) is 5. The van der Waals surface area contributed by atoms with Crippen molar-refractivity contribution < 1.29 is 23.5 Å². The molecule has 10 heteroatoms. The molecule has 0 aromatic heterocycles. The lowest BCUT2D eigenvalue weighted by atomic mass is 10.2. The van der Waals surface area contributed by atoms with Crippen molar-refractivity contribution in [3.8, 4) is 5.75 Å². The molecule has 0 saturated carbocycles. The van der Waals surface area contributed by atoms with Crippen molar-refractivity contribution in [3.05, 3.63) is 97.0 Å². The number of rotatable bonds is 7. The minimum absolute atomic E-state index is 0.0344. The van der Waals surface area contributed by atoms with Crippen molar-refractivity contribution in [1.29, 1.82) is 0 Å². The molecule has 0 spiro atoms. The average Bonchev–Trinajstić information content (AvgIpc) is 3.07. The van der Waals surface area contributed by atoms with Crippen molar-refractivity contribution in [2.24, 2.45) is 0 Å². The van der Waals surface area contributed by atoms with E-state index in [1.165, 1.54) is 6.07 Å². The van der Waals surface area contributed by atoms with Gasteiger partial charge in [-0.3, -0.25) is 19.3 Å². The maximum atomic E-state index is 13.9. The van der Waals surface area contributed by atoms with Crippen LogP contribution in [0.3, 0.4) is 0 Å². The van der Waals surface area contributed by atoms with Gasteiger partial charge >= 0.3 is 0 Å². The Morgan fingerprint density at radius 2 is 1.81 bits per heavy atom. The second-order valence-corrected chi connectivity index (χ2v) is 10.6. The van der Waals surface area contributed by atoms with E-state index in [1.807, 2.05) is 13.0 Å². The first-order chi connectivity index (χ1) is 17.2. The number of nitrogens with one attached hydrogen (secondary N) is 1. The Morgan fingerprint density at radius 1 is 1.08 bits per heavy atom. The Labute approximate surface area is 228 Å². The number of imide groups is 1. The van der Waals surface area contributed by atoms with Crippen LogP contribution in [-0.2, 0) is 16.2 Å². The number of carbonyl (C=O) groups is 3. The molecular formula is C26H19Br2FN2O4S. The molecule has 0 radical (unpaired) electrons. The van der Waals surface area contributed by atoms with Crippen LogP contribution >= 0.6 is 43.6 Å². The third-order valence-electron chi connectivity index (χ3n) is 5.13. The molecule has 1 heterocycles. The van der Waals surface area contributed by atoms with Gasteiger partial charge in [0.05, 0.1) is 13.9 Å². The molecule has 0 atom stereocenters. The summed E-state index contributed by atoms with van der Waals surface area (Å²) in [5, 5.41) is 2.18. The number of amides is 3. The van der Waals surface area contributed by atoms with Crippen LogP contribution in [0.15, 0.2) is 74.5 Å². The van der Waals surface area contributed by atoms with Gasteiger partial charge in [0.25, 0.3) is 11.1 Å². The summed E-state index contributed by atoms with van der Waals surface area (Å²) >= 11 is 7.66. The van der Waals surface area contributed by atoms with E-state index in [9.17, 15) is 18.8 Å². The van der Waals surface area contributed by atoms with Gasteiger partial charge in [-0.05, 0) is 98.1 Å². The van der Waals surface area contributed by atoms with E-state index >= 15 is 0 Å². The fraction of sp³-hybridized carbons (Fsp3) is 0.115. The molecule has 1 fully saturated rings. The van der Waals surface area contributed by atoms with Gasteiger partial charge in [-0.25, -0.2) is 4.39 Å². The van der Waals surface area contributed by atoms with E-state index in [2.05, 4.69) is 37.2 Å². The lowest BCUT2D eigenvalue weighted by molar-refractivity contribution is -0.127. The molecule has 6 nitrogen and oxygen atoms in total. The molecule has 0 unspecified atom stereocenters. The number of carbonyl (C=O) groups excluding carboxylic acids is 3. The summed E-state index contributed by atoms with van der Waals surface area (Å²) in [5.74, 6) is -0.900. The van der Waals surface area contributed by atoms with Gasteiger partial charge in [0, 0.05) is 11.3 Å². The Hall–Kier alpha value is -2.95. The average molecular weight is 634 g/mol. The van der Waals surface area contributed by atoms with E-state index < -0.39 is 17.1 Å². The van der Waals surface area contributed by atoms with Gasteiger partial charge in [0.2, 0.25) is 5.91 Å². The zero-order valence-electron chi connectivity index (χ0n) is 18.9. The molecule has 3 amide bonds. The summed E-state index contributed by atoms with van der Waals surface area (Å²) in [4.78, 5) is 38.8. The van der Waals surface area contributed by atoms with Gasteiger partial charge in [0.1, 0.15) is 24.7 Å². The first kappa shape index (κ1) is 26.1. The molecule has 3 aromatic carbocycles. The Morgan fingerprint density at radius 3 is 2.50 bits per heavy atom. The molecule has 1 N–H and O–H groups in total. The predicted molar refractivity (Wildman–Crippen MR) is 145 cm³/mol. The van der Waals surface area contributed by atoms with Gasteiger partial charge in [-0.1, -0.05) is 30.3 Å². The molecule has 36 heavy (non-hydrogen) atoms. The molecule has 1 aliphatic heterocycles. The van der Waals surface area contributed by atoms with Crippen LogP contribution < -0.4 is 10.1 Å². The number of benzene rings is 3. The van der Waals surface area contributed by atoms with E-state index in [0.717, 1.165) is 22.2 Å². The monoisotopic (exact) mass is 632 g/mol. The van der Waals surface area contributed by atoms with Gasteiger partial charge in [-0.2, -0.15) is 0 Å². The minimum atomic E-state index is -0.545. The normalized spacial score (nSPS) is 14.4. The van der Waals surface area contributed by atoms with Crippen molar-refractivity contribution in [2.45, 2.75) is 13.5 Å². The summed E-state index contributed by atoms with van der Waals surface area (Å²) in [6.07, 6.45) is 1.57. The minimum Gasteiger partial charge on any atom is -0.486 e. The highest BCUT2D eigenvalue weighted by atomic mass is 79.9. The molecular weight excluding hydrogens is 615 g/mol. The lowest BCUT2D eigenvalue weighted by Gasteiger charge is -2.13. The SMILES string of the molecule is Cc1cccc(NC(=O)CN2C(=O)S/C(=C/c3cc(Br)c(OCc4ccccc4F)c(Br)c3)C2=O)c1. The van der Waals surface area contributed by atoms with Crippen LogP contribution in [0.5, 0.6) is 5.75 Å². The number of aryl methyl sites for hydroxylation is 1. The van der Waals surface area contributed by atoms with Gasteiger partial charge in [-0.15, -0.1) is 0 Å². The van der Waals surface area contributed by atoms with E-state index in [1.54, 1.807) is 54.6 Å². The molecule has 1 aliphatic rings. The zero-order valence-corrected chi connectivity index (χ0v) is 22.9. The largest absolute Gasteiger partial charge is 0.486 e. The predicted octanol–water partition coefficient (Wildman–Crippen LogP) is 6.91. The van der Waals surface area contributed by atoms with E-state index in [0.29, 0.717) is 31.5 Å². The zero-order chi connectivity index (χ0) is 25.8. The molecule has 0 bridgehead atoms. The maximum Gasteiger partial charge on any atom is 0.294 e. The molecule has 4 rings (SSSR count). The number of halogens is 3. The molecule has 3 aromatic rings. The number of thioether (sulfide) groups is 1. The quantitative estimate of drug-likeness (QED) is 0.286. The highest BCUT2D eigenvalue weighted by Gasteiger charge is 2.36. The summed E-state index contributed by atoms with van der Waals surface area (Å²) in [6, 6.07) is 17.0. The first-order valence-electron chi connectivity index (χ1n) is 10.7. The van der Waals surface area contributed by atoms with Crippen molar-refractivity contribution in [1.82, 2.24) is 4.90 Å². The number of anilines is 1. The van der Waals surface area contributed by atoms with Crippen LogP contribution in [0.1, 0.15) is 16.7 Å². The van der Waals surface area contributed by atoms with Crippen LogP contribution in [0, 0.1) is 12.7 Å². The summed E-state index contributed by atoms with van der Waals surface area (Å²) in [6.45, 7) is 1.55. The fourth-order valence-electron chi connectivity index (χ4n) is 3.42. The van der Waals surface area contributed by atoms with Crippen LogP contribution in [-0.4, -0.2) is 28.5 Å². The van der Waals surface area contributed by atoms with Crippen molar-refractivity contribution >= 4 is 72.4 Å². The van der Waals surface area contributed by atoms with E-state index in [4.69, 9.17) is 4.74 Å². The highest BCUT2D eigenvalue weighted by Crippen LogP contribution is 2.38.